The molecule has 2 aromatic carbocycles. The third-order valence-electron chi connectivity index (χ3n) is 4.61. The highest BCUT2D eigenvalue weighted by Crippen LogP contribution is 2.23. The SMILES string of the molecule is Cc1ccc(C)c(-n2nnnc2SCC(=O)NC(CC(C)C)c2ccccc2)c1. The zero-order valence-corrected chi connectivity index (χ0v) is 18.1. The molecule has 6 nitrogen and oxygen atoms in total. The number of rotatable bonds is 8. The van der Waals surface area contributed by atoms with Gasteiger partial charge in [0.05, 0.1) is 17.5 Å². The fourth-order valence-corrected chi connectivity index (χ4v) is 3.86. The van der Waals surface area contributed by atoms with Crippen molar-refractivity contribution in [2.24, 2.45) is 5.92 Å². The summed E-state index contributed by atoms with van der Waals surface area (Å²) >= 11 is 1.34. The van der Waals surface area contributed by atoms with E-state index in [1.54, 1.807) is 4.68 Å². The van der Waals surface area contributed by atoms with E-state index in [1.165, 1.54) is 11.8 Å². The number of aryl methyl sites for hydroxylation is 2. The molecule has 1 N–H and O–H groups in total. The van der Waals surface area contributed by atoms with Crippen molar-refractivity contribution in [3.8, 4) is 5.69 Å². The van der Waals surface area contributed by atoms with Gasteiger partial charge in [-0.2, -0.15) is 4.68 Å². The summed E-state index contributed by atoms with van der Waals surface area (Å²) < 4.78 is 1.70. The molecule has 0 fully saturated rings. The van der Waals surface area contributed by atoms with Crippen molar-refractivity contribution in [2.45, 2.75) is 45.3 Å². The van der Waals surface area contributed by atoms with Crippen LogP contribution in [0.25, 0.3) is 5.69 Å². The Morgan fingerprint density at radius 1 is 1.14 bits per heavy atom. The number of nitrogens with zero attached hydrogens (tertiary/aromatic N) is 4. The third kappa shape index (κ3) is 5.67. The maximum absolute atomic E-state index is 12.7. The second-order valence-electron chi connectivity index (χ2n) is 7.61. The van der Waals surface area contributed by atoms with Crippen molar-refractivity contribution in [1.82, 2.24) is 25.5 Å². The van der Waals surface area contributed by atoms with Gasteiger partial charge in [0, 0.05) is 0 Å². The maximum Gasteiger partial charge on any atom is 0.230 e. The summed E-state index contributed by atoms with van der Waals surface area (Å²) in [5.74, 6) is 0.705. The second-order valence-corrected chi connectivity index (χ2v) is 8.55. The Balaban J connectivity index is 1.68. The Bertz CT molecular complexity index is 955. The molecule has 0 radical (unpaired) electrons. The van der Waals surface area contributed by atoms with Gasteiger partial charge in [0.15, 0.2) is 0 Å². The molecule has 0 saturated heterocycles. The van der Waals surface area contributed by atoms with Crippen molar-refractivity contribution in [3.05, 3.63) is 65.2 Å². The molecule has 29 heavy (non-hydrogen) atoms. The lowest BCUT2D eigenvalue weighted by Crippen LogP contribution is -2.31. The summed E-state index contributed by atoms with van der Waals surface area (Å²) in [5.41, 5.74) is 4.27. The van der Waals surface area contributed by atoms with E-state index in [4.69, 9.17) is 0 Å². The normalized spacial score (nSPS) is 12.2. The average molecular weight is 410 g/mol. The first-order valence-electron chi connectivity index (χ1n) is 9.77. The van der Waals surface area contributed by atoms with Gasteiger partial charge < -0.3 is 5.32 Å². The topological polar surface area (TPSA) is 72.7 Å². The van der Waals surface area contributed by atoms with Crippen LogP contribution in [0.15, 0.2) is 53.7 Å². The van der Waals surface area contributed by atoms with Gasteiger partial charge in [0.2, 0.25) is 11.1 Å². The van der Waals surface area contributed by atoms with Crippen LogP contribution in [0.2, 0.25) is 0 Å². The third-order valence-corrected chi connectivity index (χ3v) is 5.53. The van der Waals surface area contributed by atoms with Gasteiger partial charge in [-0.3, -0.25) is 4.79 Å². The maximum atomic E-state index is 12.7. The number of nitrogens with one attached hydrogen (secondary N) is 1. The first-order chi connectivity index (χ1) is 13.9. The van der Waals surface area contributed by atoms with Crippen LogP contribution in [0.4, 0.5) is 0 Å². The molecule has 0 aliphatic heterocycles. The van der Waals surface area contributed by atoms with Gasteiger partial charge >= 0.3 is 0 Å². The van der Waals surface area contributed by atoms with Crippen LogP contribution < -0.4 is 5.32 Å². The van der Waals surface area contributed by atoms with E-state index in [1.807, 2.05) is 44.2 Å². The van der Waals surface area contributed by atoms with Gasteiger partial charge in [-0.15, -0.1) is 5.10 Å². The van der Waals surface area contributed by atoms with E-state index in [0.29, 0.717) is 11.1 Å². The molecule has 1 aromatic heterocycles. The Morgan fingerprint density at radius 2 is 1.90 bits per heavy atom. The molecule has 3 aromatic rings. The second kappa shape index (κ2) is 9.69. The molecule has 0 bridgehead atoms. The Morgan fingerprint density at radius 3 is 2.62 bits per heavy atom. The number of thioether (sulfide) groups is 1. The molecule has 1 atom stereocenters. The summed E-state index contributed by atoms with van der Waals surface area (Å²) in [6.07, 6.45) is 0.890. The lowest BCUT2D eigenvalue weighted by molar-refractivity contribution is -0.119. The molecule has 0 aliphatic carbocycles. The van der Waals surface area contributed by atoms with Crippen LogP contribution in [0.1, 0.15) is 43.0 Å². The molecule has 7 heteroatoms. The monoisotopic (exact) mass is 409 g/mol. The van der Waals surface area contributed by atoms with Gasteiger partial charge in [-0.25, -0.2) is 0 Å². The average Bonchev–Trinajstić information content (AvgIpc) is 3.16. The zero-order valence-electron chi connectivity index (χ0n) is 17.3. The highest BCUT2D eigenvalue weighted by molar-refractivity contribution is 7.99. The number of amides is 1. The van der Waals surface area contributed by atoms with Crippen LogP contribution in [0.3, 0.4) is 0 Å². The highest BCUT2D eigenvalue weighted by atomic mass is 32.2. The fourth-order valence-electron chi connectivity index (χ4n) is 3.17. The number of carbonyl (C=O) groups is 1. The van der Waals surface area contributed by atoms with Crippen LogP contribution >= 0.6 is 11.8 Å². The van der Waals surface area contributed by atoms with Crippen LogP contribution in [-0.2, 0) is 4.79 Å². The molecular formula is C22H27N5OS. The van der Waals surface area contributed by atoms with Gasteiger partial charge in [-0.1, -0.05) is 68.1 Å². The molecule has 1 unspecified atom stereocenters. The first kappa shape index (κ1) is 21.0. The van der Waals surface area contributed by atoms with Crippen molar-refractivity contribution in [3.63, 3.8) is 0 Å². The molecule has 0 aliphatic rings. The van der Waals surface area contributed by atoms with Crippen molar-refractivity contribution in [1.29, 1.82) is 0 Å². The number of hydrogen-bond acceptors (Lipinski definition) is 5. The molecule has 0 spiro atoms. The predicted molar refractivity (Wildman–Crippen MR) is 116 cm³/mol. The summed E-state index contributed by atoms with van der Waals surface area (Å²) in [6.45, 7) is 8.38. The number of hydrogen-bond donors (Lipinski definition) is 1. The lowest BCUT2D eigenvalue weighted by Gasteiger charge is -2.21. The Kier molecular flexibility index (Phi) is 7.04. The summed E-state index contributed by atoms with van der Waals surface area (Å²) in [5, 5.41) is 15.8. The Hall–Kier alpha value is -2.67. The number of benzene rings is 2. The standard InChI is InChI=1S/C22H27N5OS/c1-15(2)12-19(18-8-6-5-7-9-18)23-21(28)14-29-22-24-25-26-27(22)20-13-16(3)10-11-17(20)4/h5-11,13,15,19H,12,14H2,1-4H3,(H,23,28). The summed E-state index contributed by atoms with van der Waals surface area (Å²) in [4.78, 5) is 12.7. The summed E-state index contributed by atoms with van der Waals surface area (Å²) in [7, 11) is 0. The molecule has 3 rings (SSSR count). The van der Waals surface area contributed by atoms with E-state index in [9.17, 15) is 4.79 Å². The van der Waals surface area contributed by atoms with Gasteiger partial charge in [-0.05, 0) is 59.4 Å². The minimum atomic E-state index is -0.0278. The Labute approximate surface area is 176 Å². The van der Waals surface area contributed by atoms with E-state index in [-0.39, 0.29) is 17.7 Å². The number of aromatic nitrogens is 4. The fraction of sp³-hybridized carbons (Fsp3) is 0.364. The minimum Gasteiger partial charge on any atom is -0.349 e. The molecule has 152 valence electrons. The van der Waals surface area contributed by atoms with Crippen LogP contribution in [0.5, 0.6) is 0 Å². The van der Waals surface area contributed by atoms with Crippen LogP contribution in [0, 0.1) is 19.8 Å². The molecule has 1 heterocycles. The van der Waals surface area contributed by atoms with E-state index in [0.717, 1.165) is 28.8 Å². The largest absolute Gasteiger partial charge is 0.349 e. The van der Waals surface area contributed by atoms with E-state index in [2.05, 4.69) is 52.9 Å². The molecule has 1 amide bonds. The quantitative estimate of drug-likeness (QED) is 0.562. The van der Waals surface area contributed by atoms with Crippen molar-refractivity contribution >= 4 is 17.7 Å². The number of tetrazole rings is 1. The van der Waals surface area contributed by atoms with Crippen LogP contribution in [-0.4, -0.2) is 31.9 Å². The van der Waals surface area contributed by atoms with Gasteiger partial charge in [0.25, 0.3) is 0 Å². The number of carbonyl (C=O) groups excluding carboxylic acids is 1. The zero-order chi connectivity index (χ0) is 20.8. The van der Waals surface area contributed by atoms with Crippen molar-refractivity contribution in [2.75, 3.05) is 5.75 Å². The predicted octanol–water partition coefficient (Wildman–Crippen LogP) is 4.27. The van der Waals surface area contributed by atoms with Crippen molar-refractivity contribution < 1.29 is 4.79 Å². The smallest absolute Gasteiger partial charge is 0.230 e. The van der Waals surface area contributed by atoms with E-state index >= 15 is 0 Å². The minimum absolute atomic E-state index is 0.000637. The summed E-state index contributed by atoms with van der Waals surface area (Å²) in [6, 6.07) is 16.3. The lowest BCUT2D eigenvalue weighted by atomic mass is 9.97. The van der Waals surface area contributed by atoms with Gasteiger partial charge in [0.1, 0.15) is 0 Å². The molecular weight excluding hydrogens is 382 g/mol. The first-order valence-corrected chi connectivity index (χ1v) is 10.8. The molecule has 0 saturated carbocycles. The van der Waals surface area contributed by atoms with E-state index < -0.39 is 0 Å². The highest BCUT2D eigenvalue weighted by Gasteiger charge is 2.18.